The normalized spacial score (nSPS) is 29.1. The van der Waals surface area contributed by atoms with Gasteiger partial charge in [-0.2, -0.15) is 5.26 Å². The fourth-order valence-corrected chi connectivity index (χ4v) is 6.89. The molecule has 4 fully saturated rings. The number of carbonyl (C=O) groups is 3. The maximum atomic E-state index is 13.8. The topological polar surface area (TPSA) is 106 Å². The van der Waals surface area contributed by atoms with Crippen LogP contribution in [0, 0.1) is 28.5 Å². The smallest absolute Gasteiger partial charge is 0.408 e. The molecule has 2 bridgehead atoms. The molecule has 10 heteroatoms. The van der Waals surface area contributed by atoms with Crippen molar-refractivity contribution < 1.29 is 23.5 Å². The summed E-state index contributed by atoms with van der Waals surface area (Å²) in [6, 6.07) is 6.44. The van der Waals surface area contributed by atoms with Gasteiger partial charge in [-0.15, -0.1) is 0 Å². The number of nitrogens with zero attached hydrogens (tertiary/aromatic N) is 4. The first-order valence-corrected chi connectivity index (χ1v) is 14.2. The molecular formula is C30H40FN5O4. The van der Waals surface area contributed by atoms with Crippen LogP contribution in [0.2, 0.25) is 0 Å². The molecule has 40 heavy (non-hydrogen) atoms. The van der Waals surface area contributed by atoms with Crippen molar-refractivity contribution in [3.63, 3.8) is 0 Å². The van der Waals surface area contributed by atoms with E-state index in [1.54, 1.807) is 37.8 Å². The lowest BCUT2D eigenvalue weighted by atomic mass is 9.80. The predicted molar refractivity (Wildman–Crippen MR) is 145 cm³/mol. The Bertz CT molecular complexity index is 1220. The number of alkyl carbamates (subject to hydrolysis) is 1. The number of halogens is 1. The lowest BCUT2D eigenvalue weighted by Gasteiger charge is -2.45. The average molecular weight is 554 g/mol. The summed E-state index contributed by atoms with van der Waals surface area (Å²) in [5.74, 6) is -0.302. The Kier molecular flexibility index (Phi) is 7.10. The van der Waals surface area contributed by atoms with Crippen LogP contribution in [0.1, 0.15) is 72.4 Å². The number of amides is 3. The van der Waals surface area contributed by atoms with Gasteiger partial charge in [0.1, 0.15) is 23.5 Å². The van der Waals surface area contributed by atoms with Crippen molar-refractivity contribution in [2.45, 2.75) is 103 Å². The van der Waals surface area contributed by atoms with Gasteiger partial charge < -0.3 is 19.9 Å². The summed E-state index contributed by atoms with van der Waals surface area (Å²) in [6.45, 7) is 12.2. The molecule has 0 radical (unpaired) electrons. The van der Waals surface area contributed by atoms with Crippen molar-refractivity contribution in [3.8, 4) is 6.07 Å². The number of ether oxygens (including phenoxy) is 1. The number of likely N-dealkylation sites (tertiary alicyclic amines) is 3. The molecule has 1 saturated carbocycles. The lowest BCUT2D eigenvalue weighted by molar-refractivity contribution is -0.144. The highest BCUT2D eigenvalue weighted by Crippen LogP contribution is 2.48. The van der Waals surface area contributed by atoms with Crippen molar-refractivity contribution in [2.24, 2.45) is 11.3 Å². The van der Waals surface area contributed by atoms with E-state index in [0.29, 0.717) is 25.3 Å². The Morgan fingerprint density at radius 1 is 1.12 bits per heavy atom. The van der Waals surface area contributed by atoms with Crippen LogP contribution in [0.3, 0.4) is 0 Å². The van der Waals surface area contributed by atoms with Crippen LogP contribution in [0.25, 0.3) is 0 Å². The molecule has 4 aliphatic rings. The van der Waals surface area contributed by atoms with Crippen LogP contribution in [-0.4, -0.2) is 81.5 Å². The van der Waals surface area contributed by atoms with E-state index in [1.165, 1.54) is 12.1 Å². The third-order valence-electron chi connectivity index (χ3n) is 8.51. The maximum absolute atomic E-state index is 13.8. The van der Waals surface area contributed by atoms with Crippen LogP contribution in [0.5, 0.6) is 0 Å². The first kappa shape index (κ1) is 28.3. The van der Waals surface area contributed by atoms with Gasteiger partial charge in [0, 0.05) is 25.2 Å². The van der Waals surface area contributed by atoms with Crippen LogP contribution in [0.15, 0.2) is 24.3 Å². The minimum atomic E-state index is -0.943. The zero-order valence-electron chi connectivity index (χ0n) is 24.2. The number of benzene rings is 1. The SMILES string of the molecule is CC(C)(C)OC(=O)N[C@@H](CN1C[C@@H]2C[C@H]1C(=O)N2[C@@H](c1ccc(F)cc1)C(C)(C)C)C(=O)N1[C@H](C#N)C[C@@H]2C[C@@H]21. The van der Waals surface area contributed by atoms with Gasteiger partial charge in [-0.1, -0.05) is 32.9 Å². The van der Waals surface area contributed by atoms with E-state index in [2.05, 4.69) is 32.2 Å². The molecule has 5 rings (SSSR count). The highest BCUT2D eigenvalue weighted by Gasteiger charge is 2.57. The predicted octanol–water partition coefficient (Wildman–Crippen LogP) is 3.60. The van der Waals surface area contributed by atoms with Crippen LogP contribution < -0.4 is 5.32 Å². The van der Waals surface area contributed by atoms with Gasteiger partial charge >= 0.3 is 6.09 Å². The number of fused-ring (bicyclic) bond motifs is 3. The lowest BCUT2D eigenvalue weighted by Crippen LogP contribution is -2.60. The molecule has 3 saturated heterocycles. The van der Waals surface area contributed by atoms with E-state index in [-0.39, 0.29) is 47.7 Å². The molecule has 1 N–H and O–H groups in total. The second-order valence-electron chi connectivity index (χ2n) is 13.8. The highest BCUT2D eigenvalue weighted by atomic mass is 19.1. The largest absolute Gasteiger partial charge is 0.444 e. The fourth-order valence-electron chi connectivity index (χ4n) is 6.89. The molecule has 3 heterocycles. The number of hydrogen-bond donors (Lipinski definition) is 1. The fraction of sp³-hybridized carbons (Fsp3) is 0.667. The molecule has 0 aromatic heterocycles. The Morgan fingerprint density at radius 2 is 1.80 bits per heavy atom. The molecular weight excluding hydrogens is 513 g/mol. The standard InChI is InChI=1S/C30H40FN5O4/c1-29(2,3)25(17-7-9-19(31)10-8-17)36-21-13-24(27(36)38)34(15-21)16-22(33-28(39)40-30(4,5)6)26(37)35-20(14-32)11-18-12-23(18)35/h7-10,18,20-25H,11-13,15-16H2,1-6H3,(H,33,39)/t18-,20+,21+,22+,23+,24+,25+/m1/s1. The van der Waals surface area contributed by atoms with Crippen LogP contribution in [0.4, 0.5) is 9.18 Å². The Morgan fingerprint density at radius 3 is 2.38 bits per heavy atom. The van der Waals surface area contributed by atoms with E-state index >= 15 is 0 Å². The van der Waals surface area contributed by atoms with Crippen molar-refractivity contribution in [3.05, 3.63) is 35.6 Å². The summed E-state index contributed by atoms with van der Waals surface area (Å²) < 4.78 is 19.1. The monoisotopic (exact) mass is 553 g/mol. The minimum Gasteiger partial charge on any atom is -0.444 e. The second kappa shape index (κ2) is 10.0. The summed E-state index contributed by atoms with van der Waals surface area (Å²) in [6.07, 6.45) is 1.45. The van der Waals surface area contributed by atoms with Gasteiger partial charge in [-0.05, 0) is 69.1 Å². The van der Waals surface area contributed by atoms with Gasteiger partial charge in [0.15, 0.2) is 0 Å². The highest BCUT2D eigenvalue weighted by molar-refractivity contribution is 5.89. The second-order valence-corrected chi connectivity index (χ2v) is 13.8. The summed E-state index contributed by atoms with van der Waals surface area (Å²) in [4.78, 5) is 46.0. The molecule has 0 unspecified atom stereocenters. The number of hydrogen-bond acceptors (Lipinski definition) is 6. The molecule has 216 valence electrons. The Balaban J connectivity index is 1.35. The number of nitrogens with one attached hydrogen (secondary N) is 1. The Hall–Kier alpha value is -3.19. The number of piperidine rings is 1. The van der Waals surface area contributed by atoms with Gasteiger partial charge in [0.2, 0.25) is 11.8 Å². The van der Waals surface area contributed by atoms with Crippen molar-refractivity contribution in [2.75, 3.05) is 13.1 Å². The van der Waals surface area contributed by atoms with E-state index in [9.17, 15) is 24.0 Å². The zero-order valence-corrected chi connectivity index (χ0v) is 24.2. The average Bonchev–Trinajstić information content (AvgIpc) is 3.17. The number of rotatable bonds is 6. The molecule has 1 aromatic rings. The third-order valence-corrected chi connectivity index (χ3v) is 8.51. The third kappa shape index (κ3) is 5.40. The Labute approximate surface area is 235 Å². The quantitative estimate of drug-likeness (QED) is 0.577. The number of nitriles is 1. The van der Waals surface area contributed by atoms with Crippen molar-refractivity contribution >= 4 is 17.9 Å². The first-order valence-electron chi connectivity index (χ1n) is 14.2. The van der Waals surface area contributed by atoms with Gasteiger partial charge in [0.25, 0.3) is 0 Å². The van der Waals surface area contributed by atoms with Crippen molar-refractivity contribution in [1.29, 1.82) is 5.26 Å². The van der Waals surface area contributed by atoms with Crippen molar-refractivity contribution in [1.82, 2.24) is 20.0 Å². The van der Waals surface area contributed by atoms with Gasteiger partial charge in [-0.25, -0.2) is 9.18 Å². The molecule has 7 atom stereocenters. The van der Waals surface area contributed by atoms with Crippen LogP contribution >= 0.6 is 0 Å². The molecule has 1 aromatic carbocycles. The summed E-state index contributed by atoms with van der Waals surface area (Å²) >= 11 is 0. The number of carbonyl (C=O) groups excluding carboxylic acids is 3. The molecule has 3 amide bonds. The first-order chi connectivity index (χ1) is 18.7. The number of piperazine rings is 1. The van der Waals surface area contributed by atoms with E-state index in [4.69, 9.17) is 4.74 Å². The van der Waals surface area contributed by atoms with E-state index in [0.717, 1.165) is 12.0 Å². The molecule has 9 nitrogen and oxygen atoms in total. The van der Waals surface area contributed by atoms with Gasteiger partial charge in [0.05, 0.1) is 18.2 Å². The van der Waals surface area contributed by atoms with Crippen LogP contribution in [-0.2, 0) is 14.3 Å². The summed E-state index contributed by atoms with van der Waals surface area (Å²) in [5, 5.41) is 12.4. The minimum absolute atomic E-state index is 0.0257. The molecule has 3 aliphatic heterocycles. The maximum Gasteiger partial charge on any atom is 0.408 e. The molecule has 0 spiro atoms. The summed E-state index contributed by atoms with van der Waals surface area (Å²) in [7, 11) is 0. The van der Waals surface area contributed by atoms with E-state index < -0.39 is 29.8 Å². The van der Waals surface area contributed by atoms with E-state index in [1.807, 2.05) is 9.80 Å². The van der Waals surface area contributed by atoms with Gasteiger partial charge in [-0.3, -0.25) is 14.5 Å². The summed E-state index contributed by atoms with van der Waals surface area (Å²) in [5.41, 5.74) is -0.146. The molecule has 1 aliphatic carbocycles. The zero-order chi connectivity index (χ0) is 29.1.